The summed E-state index contributed by atoms with van der Waals surface area (Å²) in [5, 5.41) is 1.12. The Morgan fingerprint density at radius 3 is 2.86 bits per heavy atom. The minimum Gasteiger partial charge on any atom is -0.361 e. The fourth-order valence-electron chi connectivity index (χ4n) is 5.91. The van der Waals surface area contributed by atoms with Gasteiger partial charge < -0.3 is 19.7 Å². The van der Waals surface area contributed by atoms with E-state index in [2.05, 4.69) is 33.8 Å². The molecule has 2 aromatic rings. The summed E-state index contributed by atoms with van der Waals surface area (Å²) < 4.78 is 0. The molecule has 2 amide bonds. The van der Waals surface area contributed by atoms with Crippen molar-refractivity contribution in [3.63, 3.8) is 0 Å². The van der Waals surface area contributed by atoms with E-state index in [0.29, 0.717) is 30.2 Å². The number of amides is 2. The fraction of sp³-hybridized carbons (Fsp3) is 0.565. The number of fused-ring (bicyclic) bond motifs is 5. The van der Waals surface area contributed by atoms with Crippen molar-refractivity contribution in [1.29, 1.82) is 0 Å². The largest absolute Gasteiger partial charge is 0.361 e. The third-order valence-corrected chi connectivity index (χ3v) is 7.14. The van der Waals surface area contributed by atoms with Crippen LogP contribution in [0.2, 0.25) is 0 Å². The molecule has 5 rings (SSSR count). The van der Waals surface area contributed by atoms with Crippen molar-refractivity contribution < 1.29 is 9.59 Å². The van der Waals surface area contributed by atoms with Crippen LogP contribution in [0, 0.1) is 11.8 Å². The van der Waals surface area contributed by atoms with Crippen LogP contribution in [0.3, 0.4) is 0 Å². The minimum absolute atomic E-state index is 0.121. The molecule has 0 saturated carbocycles. The number of hydrogen-bond acceptors (Lipinski definition) is 3. The number of aromatic nitrogens is 1. The van der Waals surface area contributed by atoms with Gasteiger partial charge in [-0.1, -0.05) is 6.07 Å². The number of piperidine rings is 3. The van der Waals surface area contributed by atoms with Crippen molar-refractivity contribution in [2.24, 2.45) is 11.8 Å². The average molecular weight is 395 g/mol. The summed E-state index contributed by atoms with van der Waals surface area (Å²) in [5.74, 6) is 1.19. The standard InChI is InChI=1S/C23H30N4O2/c1-25(2)14-21-18-10-17(20-4-3-5-22(28)27(20)21)12-26(13-18)23(29)16-7-6-15-8-9-24-19(15)11-16/h6-9,11,17-18,20-21,24H,3-5,10,12-14H2,1-2H3/t17-,18+,20+,21+/m1/s1. The SMILES string of the molecule is CN(C)C[C@H]1[C@H]2C[C@H](CN(C(=O)c3ccc4cc[nH]c4c3)C2)[C@@H]2CCCC(=O)N21. The van der Waals surface area contributed by atoms with Crippen LogP contribution in [0.5, 0.6) is 0 Å². The molecule has 29 heavy (non-hydrogen) atoms. The Labute approximate surface area is 171 Å². The topological polar surface area (TPSA) is 59.7 Å². The Balaban J connectivity index is 1.43. The van der Waals surface area contributed by atoms with E-state index < -0.39 is 0 Å². The van der Waals surface area contributed by atoms with Gasteiger partial charge in [-0.3, -0.25) is 9.59 Å². The summed E-state index contributed by atoms with van der Waals surface area (Å²) in [4.78, 5) is 35.8. The number of nitrogens with one attached hydrogen (secondary N) is 1. The first kappa shape index (κ1) is 18.7. The average Bonchev–Trinajstić information content (AvgIpc) is 3.18. The van der Waals surface area contributed by atoms with Crippen LogP contribution in [0.4, 0.5) is 0 Å². The number of rotatable bonds is 3. The fourth-order valence-corrected chi connectivity index (χ4v) is 5.91. The second-order valence-corrected chi connectivity index (χ2v) is 9.34. The number of benzene rings is 1. The maximum atomic E-state index is 13.4. The van der Waals surface area contributed by atoms with Gasteiger partial charge in [0.1, 0.15) is 0 Å². The molecule has 3 fully saturated rings. The number of likely N-dealkylation sites (N-methyl/N-ethyl adjacent to an activating group) is 1. The van der Waals surface area contributed by atoms with Crippen LogP contribution < -0.4 is 0 Å². The van der Waals surface area contributed by atoms with Crippen molar-refractivity contribution in [3.05, 3.63) is 36.0 Å². The normalized spacial score (nSPS) is 29.4. The molecule has 0 spiro atoms. The molecule has 3 saturated heterocycles. The molecule has 4 atom stereocenters. The number of nitrogens with zero attached hydrogens (tertiary/aromatic N) is 3. The Bertz CT molecular complexity index is 936. The first-order chi connectivity index (χ1) is 14.0. The maximum absolute atomic E-state index is 13.4. The quantitative estimate of drug-likeness (QED) is 0.871. The summed E-state index contributed by atoms with van der Waals surface area (Å²) in [6, 6.07) is 8.45. The van der Waals surface area contributed by atoms with E-state index in [1.807, 2.05) is 30.5 Å². The molecule has 6 nitrogen and oxygen atoms in total. The summed E-state index contributed by atoms with van der Waals surface area (Å²) in [7, 11) is 4.15. The number of carbonyl (C=O) groups excluding carboxylic acids is 2. The summed E-state index contributed by atoms with van der Waals surface area (Å²) in [6.45, 7) is 2.38. The van der Waals surface area contributed by atoms with E-state index in [-0.39, 0.29) is 11.9 Å². The first-order valence-corrected chi connectivity index (χ1v) is 10.8. The second kappa shape index (κ2) is 7.17. The zero-order chi connectivity index (χ0) is 20.1. The van der Waals surface area contributed by atoms with Gasteiger partial charge >= 0.3 is 0 Å². The van der Waals surface area contributed by atoms with Crippen LogP contribution in [0.15, 0.2) is 30.5 Å². The van der Waals surface area contributed by atoms with Gasteiger partial charge in [-0.2, -0.15) is 0 Å². The van der Waals surface area contributed by atoms with Crippen LogP contribution >= 0.6 is 0 Å². The number of likely N-dealkylation sites (tertiary alicyclic amines) is 1. The lowest BCUT2D eigenvalue weighted by atomic mass is 9.72. The molecule has 1 aromatic heterocycles. The lowest BCUT2D eigenvalue weighted by Gasteiger charge is -2.57. The third kappa shape index (κ3) is 3.23. The van der Waals surface area contributed by atoms with Gasteiger partial charge in [0.05, 0.1) is 0 Å². The summed E-state index contributed by atoms with van der Waals surface area (Å²) in [5.41, 5.74) is 1.75. The van der Waals surface area contributed by atoms with Gasteiger partial charge in [0.25, 0.3) is 5.91 Å². The predicted molar refractivity (Wildman–Crippen MR) is 113 cm³/mol. The van der Waals surface area contributed by atoms with Gasteiger partial charge in [0, 0.05) is 55.4 Å². The van der Waals surface area contributed by atoms with E-state index in [0.717, 1.165) is 55.4 Å². The number of hydrogen-bond donors (Lipinski definition) is 1. The molecule has 0 unspecified atom stereocenters. The van der Waals surface area contributed by atoms with Crippen molar-refractivity contribution in [2.75, 3.05) is 33.7 Å². The molecule has 3 aliphatic rings. The van der Waals surface area contributed by atoms with Gasteiger partial charge in [-0.15, -0.1) is 0 Å². The van der Waals surface area contributed by atoms with Gasteiger partial charge in [-0.05, 0) is 68.8 Å². The molecule has 1 N–H and O–H groups in total. The third-order valence-electron chi connectivity index (χ3n) is 7.14. The minimum atomic E-state index is 0.121. The molecule has 0 aliphatic carbocycles. The summed E-state index contributed by atoms with van der Waals surface area (Å²) in [6.07, 6.45) is 5.77. The highest BCUT2D eigenvalue weighted by Crippen LogP contribution is 2.42. The smallest absolute Gasteiger partial charge is 0.253 e. The molecular weight excluding hydrogens is 364 g/mol. The van der Waals surface area contributed by atoms with Crippen LogP contribution in [-0.4, -0.2) is 77.3 Å². The highest BCUT2D eigenvalue weighted by atomic mass is 16.2. The lowest BCUT2D eigenvalue weighted by molar-refractivity contribution is -0.152. The molecular formula is C23H30N4O2. The molecule has 4 heterocycles. The van der Waals surface area contributed by atoms with E-state index in [4.69, 9.17) is 0 Å². The number of aromatic amines is 1. The van der Waals surface area contributed by atoms with Gasteiger partial charge in [0.2, 0.25) is 5.91 Å². The van der Waals surface area contributed by atoms with E-state index in [9.17, 15) is 9.59 Å². The molecule has 0 radical (unpaired) electrons. The first-order valence-electron chi connectivity index (χ1n) is 10.8. The van der Waals surface area contributed by atoms with Crippen molar-refractivity contribution >= 4 is 22.7 Å². The van der Waals surface area contributed by atoms with Crippen LogP contribution in [0.1, 0.15) is 36.0 Å². The van der Waals surface area contributed by atoms with E-state index in [1.165, 1.54) is 0 Å². The molecule has 6 heteroatoms. The van der Waals surface area contributed by atoms with Crippen LogP contribution in [-0.2, 0) is 4.79 Å². The second-order valence-electron chi connectivity index (χ2n) is 9.34. The van der Waals surface area contributed by atoms with Gasteiger partial charge in [0.15, 0.2) is 0 Å². The predicted octanol–water partition coefficient (Wildman–Crippen LogP) is 2.57. The van der Waals surface area contributed by atoms with Crippen molar-refractivity contribution in [1.82, 2.24) is 19.7 Å². The van der Waals surface area contributed by atoms with Crippen molar-refractivity contribution in [3.8, 4) is 0 Å². The zero-order valence-corrected chi connectivity index (χ0v) is 17.3. The van der Waals surface area contributed by atoms with Crippen molar-refractivity contribution in [2.45, 2.75) is 37.8 Å². The Hall–Kier alpha value is -2.34. The number of carbonyl (C=O) groups is 2. The summed E-state index contributed by atoms with van der Waals surface area (Å²) >= 11 is 0. The molecule has 3 aliphatic heterocycles. The molecule has 154 valence electrons. The maximum Gasteiger partial charge on any atom is 0.253 e. The van der Waals surface area contributed by atoms with E-state index >= 15 is 0 Å². The molecule has 1 aromatic carbocycles. The lowest BCUT2D eigenvalue weighted by Crippen LogP contribution is -2.67. The monoisotopic (exact) mass is 394 g/mol. The Morgan fingerprint density at radius 1 is 1.21 bits per heavy atom. The highest BCUT2D eigenvalue weighted by molar-refractivity contribution is 5.98. The zero-order valence-electron chi connectivity index (χ0n) is 17.3. The Morgan fingerprint density at radius 2 is 2.03 bits per heavy atom. The molecule has 2 bridgehead atoms. The Kier molecular flexibility index (Phi) is 4.62. The van der Waals surface area contributed by atoms with Gasteiger partial charge in [-0.25, -0.2) is 0 Å². The van der Waals surface area contributed by atoms with Crippen LogP contribution in [0.25, 0.3) is 10.9 Å². The number of H-pyrrole nitrogens is 1. The van der Waals surface area contributed by atoms with E-state index in [1.54, 1.807) is 0 Å². The highest BCUT2D eigenvalue weighted by Gasteiger charge is 2.50.